The van der Waals surface area contributed by atoms with Gasteiger partial charge >= 0.3 is 0 Å². The Morgan fingerprint density at radius 3 is 2.65 bits per heavy atom. The number of hydrogen-bond acceptors (Lipinski definition) is 3. The lowest BCUT2D eigenvalue weighted by Gasteiger charge is -2.17. The number of nitrogens with two attached hydrogens (primary N) is 1. The van der Waals surface area contributed by atoms with Crippen molar-refractivity contribution in [3.8, 4) is 0 Å². The Kier molecular flexibility index (Phi) is 4.37. The molecule has 2 aromatic rings. The third kappa shape index (κ3) is 3.89. The second-order valence-electron chi connectivity index (χ2n) is 6.13. The molecular weight excluding hydrogens is 312 g/mol. The highest BCUT2D eigenvalue weighted by Gasteiger charge is 2.31. The molecule has 5 nitrogen and oxygen atoms in total. The molecule has 1 heterocycles. The third-order valence-electron chi connectivity index (χ3n) is 4.29. The SMILES string of the molecule is NS(=O)(=O)CC1CC(=O)N(CCc2cccc3ccccc23)C1. The van der Waals surface area contributed by atoms with Crippen molar-refractivity contribution in [3.63, 3.8) is 0 Å². The number of sulfonamides is 1. The molecule has 2 aromatic carbocycles. The molecule has 1 amide bonds. The average molecular weight is 332 g/mol. The topological polar surface area (TPSA) is 80.5 Å². The molecule has 1 saturated heterocycles. The van der Waals surface area contributed by atoms with E-state index in [9.17, 15) is 13.2 Å². The molecule has 1 aliphatic heterocycles. The van der Waals surface area contributed by atoms with Crippen LogP contribution in [0.1, 0.15) is 12.0 Å². The van der Waals surface area contributed by atoms with Crippen LogP contribution in [0, 0.1) is 5.92 Å². The van der Waals surface area contributed by atoms with Crippen LogP contribution in [0.3, 0.4) is 0 Å². The van der Waals surface area contributed by atoms with Gasteiger partial charge in [-0.1, -0.05) is 42.5 Å². The number of carbonyl (C=O) groups excluding carboxylic acids is 1. The minimum atomic E-state index is -3.53. The Labute approximate surface area is 136 Å². The molecule has 1 aliphatic rings. The number of nitrogens with zero attached hydrogens (tertiary/aromatic N) is 1. The van der Waals surface area contributed by atoms with Gasteiger partial charge in [-0.15, -0.1) is 0 Å². The van der Waals surface area contributed by atoms with Crippen LogP contribution in [0.2, 0.25) is 0 Å². The first-order valence-electron chi connectivity index (χ1n) is 7.67. The molecular formula is C17H20N2O3S. The zero-order chi connectivity index (χ0) is 16.4. The highest BCUT2D eigenvalue weighted by Crippen LogP contribution is 2.22. The first kappa shape index (κ1) is 16.0. The number of rotatable bonds is 5. The van der Waals surface area contributed by atoms with Crippen LogP contribution in [0.4, 0.5) is 0 Å². The largest absolute Gasteiger partial charge is 0.342 e. The van der Waals surface area contributed by atoms with Gasteiger partial charge in [0.2, 0.25) is 15.9 Å². The van der Waals surface area contributed by atoms with Gasteiger partial charge in [0.1, 0.15) is 0 Å². The summed E-state index contributed by atoms with van der Waals surface area (Å²) in [6.07, 6.45) is 1.03. The number of carbonyl (C=O) groups is 1. The van der Waals surface area contributed by atoms with Gasteiger partial charge < -0.3 is 4.90 Å². The summed E-state index contributed by atoms with van der Waals surface area (Å²) >= 11 is 0. The van der Waals surface area contributed by atoms with E-state index in [1.54, 1.807) is 4.90 Å². The van der Waals surface area contributed by atoms with Gasteiger partial charge in [-0.3, -0.25) is 4.79 Å². The van der Waals surface area contributed by atoms with Gasteiger partial charge in [-0.2, -0.15) is 0 Å². The standard InChI is InChI=1S/C17H20N2O3S/c18-23(21,22)12-13-10-17(20)19(11-13)9-8-15-6-3-5-14-4-1-2-7-16(14)15/h1-7,13H,8-12H2,(H2,18,21,22). The van der Waals surface area contributed by atoms with Crippen molar-refractivity contribution in [3.05, 3.63) is 48.0 Å². The first-order chi connectivity index (χ1) is 10.9. The fraction of sp³-hybridized carbons (Fsp3) is 0.353. The maximum Gasteiger partial charge on any atom is 0.222 e. The molecule has 0 spiro atoms. The van der Waals surface area contributed by atoms with Crippen molar-refractivity contribution < 1.29 is 13.2 Å². The Bertz CT molecular complexity index is 827. The highest BCUT2D eigenvalue weighted by molar-refractivity contribution is 7.89. The number of likely N-dealkylation sites (tertiary alicyclic amines) is 1. The minimum absolute atomic E-state index is 0.0129. The van der Waals surface area contributed by atoms with Gasteiger partial charge in [0, 0.05) is 25.4 Å². The Morgan fingerprint density at radius 2 is 1.87 bits per heavy atom. The second kappa shape index (κ2) is 6.29. The lowest BCUT2D eigenvalue weighted by atomic mass is 10.0. The van der Waals surface area contributed by atoms with Crippen LogP contribution >= 0.6 is 0 Å². The van der Waals surface area contributed by atoms with Crippen LogP contribution < -0.4 is 5.14 Å². The molecule has 1 atom stereocenters. The molecule has 0 saturated carbocycles. The lowest BCUT2D eigenvalue weighted by molar-refractivity contribution is -0.127. The number of benzene rings is 2. The van der Waals surface area contributed by atoms with E-state index >= 15 is 0 Å². The Balaban J connectivity index is 1.67. The van der Waals surface area contributed by atoms with E-state index in [1.807, 2.05) is 18.2 Å². The molecule has 0 radical (unpaired) electrons. The summed E-state index contributed by atoms with van der Waals surface area (Å²) in [7, 11) is -3.53. The molecule has 1 fully saturated rings. The van der Waals surface area contributed by atoms with Crippen LogP contribution in [-0.2, 0) is 21.2 Å². The highest BCUT2D eigenvalue weighted by atomic mass is 32.2. The van der Waals surface area contributed by atoms with Crippen molar-refractivity contribution in [1.82, 2.24) is 4.90 Å². The van der Waals surface area contributed by atoms with Crippen molar-refractivity contribution in [2.75, 3.05) is 18.8 Å². The van der Waals surface area contributed by atoms with Crippen LogP contribution in [0.25, 0.3) is 10.8 Å². The fourth-order valence-electron chi connectivity index (χ4n) is 3.28. The zero-order valence-corrected chi connectivity index (χ0v) is 13.6. The van der Waals surface area contributed by atoms with Crippen molar-refractivity contribution >= 4 is 26.7 Å². The molecule has 122 valence electrons. The van der Waals surface area contributed by atoms with E-state index in [-0.39, 0.29) is 24.0 Å². The quantitative estimate of drug-likeness (QED) is 0.901. The summed E-state index contributed by atoms with van der Waals surface area (Å²) in [5, 5.41) is 7.46. The van der Waals surface area contributed by atoms with Gasteiger partial charge in [0.25, 0.3) is 0 Å². The molecule has 2 N–H and O–H groups in total. The first-order valence-corrected chi connectivity index (χ1v) is 9.39. The average Bonchev–Trinajstić information content (AvgIpc) is 2.82. The van der Waals surface area contributed by atoms with Crippen molar-refractivity contribution in [2.24, 2.45) is 11.1 Å². The monoisotopic (exact) mass is 332 g/mol. The van der Waals surface area contributed by atoms with Crippen molar-refractivity contribution in [2.45, 2.75) is 12.8 Å². The predicted molar refractivity (Wildman–Crippen MR) is 90.3 cm³/mol. The van der Waals surface area contributed by atoms with E-state index in [2.05, 4.69) is 24.3 Å². The second-order valence-corrected chi connectivity index (χ2v) is 7.79. The van der Waals surface area contributed by atoms with E-state index in [0.29, 0.717) is 13.1 Å². The molecule has 6 heteroatoms. The minimum Gasteiger partial charge on any atom is -0.342 e. The molecule has 3 rings (SSSR count). The van der Waals surface area contributed by atoms with Crippen LogP contribution in [0.5, 0.6) is 0 Å². The fourth-order valence-corrected chi connectivity index (χ4v) is 4.16. The summed E-state index contributed by atoms with van der Waals surface area (Å²) in [6, 6.07) is 14.3. The normalized spacial score (nSPS) is 18.7. The van der Waals surface area contributed by atoms with Gasteiger partial charge in [0.05, 0.1) is 5.75 Å². The molecule has 1 unspecified atom stereocenters. The van der Waals surface area contributed by atoms with E-state index in [4.69, 9.17) is 5.14 Å². The van der Waals surface area contributed by atoms with Gasteiger partial charge in [0.15, 0.2) is 0 Å². The predicted octanol–water partition coefficient (Wildman–Crippen LogP) is 1.52. The van der Waals surface area contributed by atoms with E-state index in [1.165, 1.54) is 16.3 Å². The van der Waals surface area contributed by atoms with E-state index < -0.39 is 10.0 Å². The third-order valence-corrected chi connectivity index (χ3v) is 5.23. The Hall–Kier alpha value is -1.92. The van der Waals surface area contributed by atoms with Gasteiger partial charge in [-0.05, 0) is 22.8 Å². The Morgan fingerprint density at radius 1 is 1.13 bits per heavy atom. The number of amides is 1. The number of fused-ring (bicyclic) bond motifs is 1. The molecule has 0 aliphatic carbocycles. The molecule has 0 bridgehead atoms. The molecule has 23 heavy (non-hydrogen) atoms. The van der Waals surface area contributed by atoms with Crippen molar-refractivity contribution in [1.29, 1.82) is 0 Å². The summed E-state index contributed by atoms with van der Waals surface area (Å²) in [4.78, 5) is 13.8. The van der Waals surface area contributed by atoms with E-state index in [0.717, 1.165) is 6.42 Å². The number of hydrogen-bond donors (Lipinski definition) is 1. The summed E-state index contributed by atoms with van der Waals surface area (Å²) in [6.45, 7) is 1.08. The summed E-state index contributed by atoms with van der Waals surface area (Å²) in [5.41, 5.74) is 1.20. The summed E-state index contributed by atoms with van der Waals surface area (Å²) in [5.74, 6) is -0.298. The zero-order valence-electron chi connectivity index (χ0n) is 12.8. The smallest absolute Gasteiger partial charge is 0.222 e. The van der Waals surface area contributed by atoms with Crippen LogP contribution in [0.15, 0.2) is 42.5 Å². The maximum absolute atomic E-state index is 12.0. The maximum atomic E-state index is 12.0. The lowest BCUT2D eigenvalue weighted by Crippen LogP contribution is -2.29. The number of primary sulfonamides is 1. The van der Waals surface area contributed by atoms with Gasteiger partial charge in [-0.25, -0.2) is 13.6 Å². The summed E-state index contributed by atoms with van der Waals surface area (Å²) < 4.78 is 22.3. The molecule has 0 aromatic heterocycles. The van der Waals surface area contributed by atoms with Crippen LogP contribution in [-0.4, -0.2) is 38.1 Å².